The molecule has 2 aromatic rings. The van der Waals surface area contributed by atoms with Crippen molar-refractivity contribution in [3.63, 3.8) is 0 Å². The van der Waals surface area contributed by atoms with Crippen molar-refractivity contribution in [2.45, 2.75) is 25.3 Å². The van der Waals surface area contributed by atoms with Crippen LogP contribution >= 0.6 is 11.3 Å². The molecule has 88 valence electrons. The number of nitrogens with zero attached hydrogens (tertiary/aromatic N) is 2. The van der Waals surface area contributed by atoms with Crippen LogP contribution in [0.25, 0.3) is 0 Å². The normalized spacial score (nSPS) is 15.8. The van der Waals surface area contributed by atoms with Gasteiger partial charge in [0.1, 0.15) is 6.33 Å². The van der Waals surface area contributed by atoms with Gasteiger partial charge in [-0.05, 0) is 30.9 Å². The molecule has 0 saturated carbocycles. The molecule has 2 aromatic heterocycles. The fourth-order valence-electron chi connectivity index (χ4n) is 2.30. The second-order valence-corrected chi connectivity index (χ2v) is 5.39. The standard InChI is InChI=1S/C12H14N4S/c13-16-12(9-5-14-7-15-6-9)11-4-8-2-1-3-10(8)17-11/h4-7,12,16H,1-3,13H2. The third-order valence-corrected chi connectivity index (χ3v) is 4.43. The molecule has 17 heavy (non-hydrogen) atoms. The summed E-state index contributed by atoms with van der Waals surface area (Å²) >= 11 is 1.85. The summed E-state index contributed by atoms with van der Waals surface area (Å²) in [5.74, 6) is 5.66. The summed E-state index contributed by atoms with van der Waals surface area (Å²) in [5, 5.41) is 0. The predicted octanol–water partition coefficient (Wildman–Crippen LogP) is 1.58. The Hall–Kier alpha value is -1.30. The molecule has 0 amide bonds. The molecule has 0 saturated heterocycles. The van der Waals surface area contributed by atoms with Gasteiger partial charge in [-0.3, -0.25) is 5.84 Å². The second kappa shape index (κ2) is 4.52. The fourth-order valence-corrected chi connectivity index (χ4v) is 3.64. The number of aryl methyl sites for hydroxylation is 2. The van der Waals surface area contributed by atoms with Gasteiger partial charge in [0.15, 0.2) is 0 Å². The zero-order valence-electron chi connectivity index (χ0n) is 9.39. The minimum Gasteiger partial charge on any atom is -0.271 e. The van der Waals surface area contributed by atoms with E-state index >= 15 is 0 Å². The van der Waals surface area contributed by atoms with Gasteiger partial charge < -0.3 is 0 Å². The maximum absolute atomic E-state index is 5.66. The summed E-state index contributed by atoms with van der Waals surface area (Å²) in [6.45, 7) is 0. The van der Waals surface area contributed by atoms with Crippen LogP contribution in [0.1, 0.15) is 33.3 Å². The van der Waals surface area contributed by atoms with Crippen LogP contribution in [0.3, 0.4) is 0 Å². The van der Waals surface area contributed by atoms with Crippen molar-refractivity contribution in [3.8, 4) is 0 Å². The molecular weight excluding hydrogens is 232 g/mol. The number of hydrazine groups is 1. The topological polar surface area (TPSA) is 63.8 Å². The second-order valence-electron chi connectivity index (χ2n) is 4.22. The number of nitrogens with one attached hydrogen (secondary N) is 1. The maximum Gasteiger partial charge on any atom is 0.115 e. The molecule has 1 atom stereocenters. The van der Waals surface area contributed by atoms with E-state index in [-0.39, 0.29) is 6.04 Å². The first-order valence-corrected chi connectivity index (χ1v) is 6.52. The van der Waals surface area contributed by atoms with E-state index in [2.05, 4.69) is 21.5 Å². The van der Waals surface area contributed by atoms with E-state index in [0.29, 0.717) is 0 Å². The molecule has 1 aliphatic rings. The number of thiophene rings is 1. The molecule has 2 heterocycles. The molecule has 5 heteroatoms. The highest BCUT2D eigenvalue weighted by Crippen LogP contribution is 2.35. The Morgan fingerprint density at radius 3 is 2.82 bits per heavy atom. The average Bonchev–Trinajstić information content (AvgIpc) is 2.92. The van der Waals surface area contributed by atoms with Crippen molar-refractivity contribution in [1.82, 2.24) is 15.4 Å². The largest absolute Gasteiger partial charge is 0.271 e. The van der Waals surface area contributed by atoms with Crippen molar-refractivity contribution in [3.05, 3.63) is 45.7 Å². The van der Waals surface area contributed by atoms with E-state index in [1.807, 2.05) is 23.7 Å². The summed E-state index contributed by atoms with van der Waals surface area (Å²) in [6.07, 6.45) is 8.85. The van der Waals surface area contributed by atoms with Gasteiger partial charge in [0, 0.05) is 27.7 Å². The van der Waals surface area contributed by atoms with Crippen LogP contribution in [0.15, 0.2) is 24.8 Å². The molecule has 3 rings (SSSR count). The summed E-state index contributed by atoms with van der Waals surface area (Å²) in [5.41, 5.74) is 5.35. The van der Waals surface area contributed by atoms with Crippen LogP contribution in [0, 0.1) is 0 Å². The molecule has 0 fully saturated rings. The fraction of sp³-hybridized carbons (Fsp3) is 0.333. The molecule has 1 unspecified atom stereocenters. The molecule has 3 N–H and O–H groups in total. The SMILES string of the molecule is NNC(c1cncnc1)c1cc2c(s1)CCC2. The number of rotatable bonds is 3. The van der Waals surface area contributed by atoms with Gasteiger partial charge in [-0.1, -0.05) is 0 Å². The zero-order valence-corrected chi connectivity index (χ0v) is 10.2. The van der Waals surface area contributed by atoms with Crippen molar-refractivity contribution >= 4 is 11.3 Å². The van der Waals surface area contributed by atoms with Crippen LogP contribution in [0.5, 0.6) is 0 Å². The average molecular weight is 246 g/mol. The highest BCUT2D eigenvalue weighted by molar-refractivity contribution is 7.12. The lowest BCUT2D eigenvalue weighted by Gasteiger charge is -2.13. The van der Waals surface area contributed by atoms with Crippen molar-refractivity contribution in [2.24, 2.45) is 5.84 Å². The van der Waals surface area contributed by atoms with Gasteiger partial charge in [0.25, 0.3) is 0 Å². The number of hydrogen-bond donors (Lipinski definition) is 2. The monoisotopic (exact) mass is 246 g/mol. The highest BCUT2D eigenvalue weighted by atomic mass is 32.1. The zero-order chi connectivity index (χ0) is 11.7. The van der Waals surface area contributed by atoms with Crippen LogP contribution in [-0.4, -0.2) is 9.97 Å². The Bertz CT molecular complexity index is 487. The lowest BCUT2D eigenvalue weighted by atomic mass is 10.1. The molecule has 0 spiro atoms. The van der Waals surface area contributed by atoms with E-state index < -0.39 is 0 Å². The van der Waals surface area contributed by atoms with E-state index in [0.717, 1.165) is 5.56 Å². The number of hydrogen-bond acceptors (Lipinski definition) is 5. The quantitative estimate of drug-likeness (QED) is 0.637. The third kappa shape index (κ3) is 1.97. The Morgan fingerprint density at radius 2 is 2.12 bits per heavy atom. The molecule has 1 aliphatic carbocycles. The minimum absolute atomic E-state index is 0.00630. The number of nitrogens with two attached hydrogens (primary N) is 1. The molecule has 0 aromatic carbocycles. The van der Waals surface area contributed by atoms with Gasteiger partial charge in [-0.15, -0.1) is 11.3 Å². The van der Waals surface area contributed by atoms with Gasteiger partial charge in [0.2, 0.25) is 0 Å². The molecule has 0 aliphatic heterocycles. The Balaban J connectivity index is 1.95. The van der Waals surface area contributed by atoms with Crippen molar-refractivity contribution in [2.75, 3.05) is 0 Å². The number of fused-ring (bicyclic) bond motifs is 1. The van der Waals surface area contributed by atoms with E-state index in [9.17, 15) is 0 Å². The minimum atomic E-state index is 0.00630. The van der Waals surface area contributed by atoms with Gasteiger partial charge >= 0.3 is 0 Å². The van der Waals surface area contributed by atoms with Crippen LogP contribution < -0.4 is 11.3 Å². The molecule has 4 nitrogen and oxygen atoms in total. The van der Waals surface area contributed by atoms with Crippen molar-refractivity contribution < 1.29 is 0 Å². The molecular formula is C12H14N4S. The summed E-state index contributed by atoms with van der Waals surface area (Å²) in [4.78, 5) is 10.8. The number of aromatic nitrogens is 2. The smallest absolute Gasteiger partial charge is 0.115 e. The van der Waals surface area contributed by atoms with Gasteiger partial charge in [0.05, 0.1) is 6.04 Å². The third-order valence-electron chi connectivity index (χ3n) is 3.13. The lowest BCUT2D eigenvalue weighted by molar-refractivity contribution is 0.640. The molecule has 0 bridgehead atoms. The van der Waals surface area contributed by atoms with Gasteiger partial charge in [-0.25, -0.2) is 15.4 Å². The molecule has 0 radical (unpaired) electrons. The van der Waals surface area contributed by atoms with Crippen molar-refractivity contribution in [1.29, 1.82) is 0 Å². The first-order valence-electron chi connectivity index (χ1n) is 5.71. The van der Waals surface area contributed by atoms with Crippen LogP contribution in [0.2, 0.25) is 0 Å². The van der Waals surface area contributed by atoms with E-state index in [1.165, 1.54) is 40.9 Å². The van der Waals surface area contributed by atoms with Gasteiger partial charge in [-0.2, -0.15) is 0 Å². The first kappa shape index (κ1) is 10.8. The van der Waals surface area contributed by atoms with Crippen LogP contribution in [-0.2, 0) is 12.8 Å². The van der Waals surface area contributed by atoms with Crippen LogP contribution in [0.4, 0.5) is 0 Å². The predicted molar refractivity (Wildman–Crippen MR) is 67.5 cm³/mol. The Labute approximate surface area is 104 Å². The lowest BCUT2D eigenvalue weighted by Crippen LogP contribution is -2.28. The summed E-state index contributed by atoms with van der Waals surface area (Å²) < 4.78 is 0. The van der Waals surface area contributed by atoms with E-state index in [4.69, 9.17) is 5.84 Å². The summed E-state index contributed by atoms with van der Waals surface area (Å²) in [7, 11) is 0. The maximum atomic E-state index is 5.66. The Morgan fingerprint density at radius 1 is 1.29 bits per heavy atom. The Kier molecular flexibility index (Phi) is 2.88. The summed E-state index contributed by atoms with van der Waals surface area (Å²) in [6, 6.07) is 2.27. The highest BCUT2D eigenvalue weighted by Gasteiger charge is 2.20. The first-order chi connectivity index (χ1) is 8.38. The van der Waals surface area contributed by atoms with E-state index in [1.54, 1.807) is 0 Å².